The number of fused-ring (bicyclic) bond motifs is 4. The first-order chi connectivity index (χ1) is 15.1. The summed E-state index contributed by atoms with van der Waals surface area (Å²) < 4.78 is 7.42. The van der Waals surface area contributed by atoms with Gasteiger partial charge in [-0.3, -0.25) is 4.79 Å². The Morgan fingerprint density at radius 2 is 1.77 bits per heavy atom. The Morgan fingerprint density at radius 3 is 2.45 bits per heavy atom. The number of carbonyl (C=O) groups is 2. The summed E-state index contributed by atoms with van der Waals surface area (Å²) in [4.78, 5) is 28.1. The van der Waals surface area contributed by atoms with Gasteiger partial charge >= 0.3 is 12.1 Å². The smallest absolute Gasteiger partial charge is 0.407 e. The predicted molar refractivity (Wildman–Crippen MR) is 114 cm³/mol. The van der Waals surface area contributed by atoms with E-state index in [1.54, 1.807) is 0 Å². The number of ether oxygens (including phenoxy) is 1. The van der Waals surface area contributed by atoms with Gasteiger partial charge in [-0.05, 0) is 28.7 Å². The van der Waals surface area contributed by atoms with Crippen molar-refractivity contribution < 1.29 is 19.4 Å². The minimum absolute atomic E-state index is 0.0195. The molecule has 1 aliphatic carbocycles. The monoisotopic (exact) mass is 417 g/mol. The Balaban J connectivity index is 1.20. The van der Waals surface area contributed by atoms with E-state index >= 15 is 0 Å². The first kappa shape index (κ1) is 19.4. The quantitative estimate of drug-likeness (QED) is 0.662. The molecule has 1 amide bonds. The van der Waals surface area contributed by atoms with Gasteiger partial charge in [0.05, 0.1) is 18.2 Å². The van der Waals surface area contributed by atoms with Crippen LogP contribution in [-0.2, 0) is 29.0 Å². The first-order valence-electron chi connectivity index (χ1n) is 10.5. The maximum atomic E-state index is 12.3. The number of alkyl carbamates (subject to hydrolysis) is 1. The van der Waals surface area contributed by atoms with Gasteiger partial charge < -0.3 is 19.7 Å². The number of rotatable bonds is 5. The molecule has 0 fully saturated rings. The molecule has 2 aromatic carbocycles. The van der Waals surface area contributed by atoms with Crippen LogP contribution in [0.1, 0.15) is 35.0 Å². The molecule has 1 aromatic heterocycles. The van der Waals surface area contributed by atoms with Crippen molar-refractivity contribution in [1.82, 2.24) is 14.9 Å². The maximum absolute atomic E-state index is 12.3. The number of carboxylic acid groups (broad SMARTS) is 1. The lowest BCUT2D eigenvalue weighted by Gasteiger charge is -2.19. The average molecular weight is 417 g/mol. The Kier molecular flexibility index (Phi) is 4.94. The highest BCUT2D eigenvalue weighted by Gasteiger charge is 2.29. The van der Waals surface area contributed by atoms with Crippen LogP contribution in [0.3, 0.4) is 0 Å². The number of carbonyl (C=O) groups excluding carboxylic acids is 1. The number of hydrogen-bond donors (Lipinski definition) is 2. The number of aliphatic carboxylic acids is 1. The molecule has 7 nitrogen and oxygen atoms in total. The number of carboxylic acids is 1. The predicted octanol–water partition coefficient (Wildman–Crippen LogP) is 3.57. The Labute approximate surface area is 179 Å². The Morgan fingerprint density at radius 1 is 1.10 bits per heavy atom. The van der Waals surface area contributed by atoms with E-state index in [1.807, 2.05) is 35.0 Å². The summed E-state index contributed by atoms with van der Waals surface area (Å²) in [5.74, 6) is -0.282. The molecule has 158 valence electrons. The van der Waals surface area contributed by atoms with Crippen LogP contribution in [0.15, 0.2) is 54.7 Å². The van der Waals surface area contributed by atoms with Gasteiger partial charge in [-0.15, -0.1) is 0 Å². The molecule has 1 aliphatic heterocycles. The molecule has 0 saturated heterocycles. The van der Waals surface area contributed by atoms with Crippen LogP contribution in [0, 0.1) is 5.92 Å². The lowest BCUT2D eigenvalue weighted by molar-refractivity contribution is -0.142. The highest BCUT2D eigenvalue weighted by Crippen LogP contribution is 2.44. The fraction of sp³-hybridized carbons (Fsp3) is 0.292. The molecule has 2 heterocycles. The summed E-state index contributed by atoms with van der Waals surface area (Å²) in [6.45, 7) is 0.927. The number of aromatic nitrogens is 2. The number of imidazole rings is 1. The fourth-order valence-corrected chi connectivity index (χ4v) is 4.60. The van der Waals surface area contributed by atoms with Crippen LogP contribution >= 0.6 is 0 Å². The van der Waals surface area contributed by atoms with Crippen molar-refractivity contribution in [2.75, 3.05) is 6.61 Å². The molecule has 2 aliphatic rings. The molecule has 31 heavy (non-hydrogen) atoms. The topological polar surface area (TPSA) is 93.5 Å². The zero-order valence-corrected chi connectivity index (χ0v) is 17.0. The minimum atomic E-state index is -0.780. The number of hydrogen-bond acceptors (Lipinski definition) is 4. The highest BCUT2D eigenvalue weighted by molar-refractivity contribution is 5.79. The van der Waals surface area contributed by atoms with Crippen LogP contribution in [-0.4, -0.2) is 33.3 Å². The van der Waals surface area contributed by atoms with Gasteiger partial charge in [0.15, 0.2) is 0 Å². The summed E-state index contributed by atoms with van der Waals surface area (Å²) in [5, 5.41) is 12.0. The molecule has 0 saturated carbocycles. The van der Waals surface area contributed by atoms with Crippen molar-refractivity contribution in [3.8, 4) is 11.1 Å². The van der Waals surface area contributed by atoms with Crippen LogP contribution in [0.2, 0.25) is 0 Å². The van der Waals surface area contributed by atoms with Crippen LogP contribution < -0.4 is 5.32 Å². The van der Waals surface area contributed by atoms with E-state index in [2.05, 4.69) is 34.6 Å². The van der Waals surface area contributed by atoms with E-state index in [1.165, 1.54) is 22.3 Å². The van der Waals surface area contributed by atoms with Gasteiger partial charge in [0.1, 0.15) is 12.4 Å². The maximum Gasteiger partial charge on any atom is 0.407 e. The fourth-order valence-electron chi connectivity index (χ4n) is 4.60. The highest BCUT2D eigenvalue weighted by atomic mass is 16.5. The van der Waals surface area contributed by atoms with E-state index in [-0.39, 0.29) is 25.0 Å². The first-order valence-corrected chi connectivity index (χ1v) is 10.5. The lowest BCUT2D eigenvalue weighted by atomic mass is 9.98. The number of amides is 1. The number of benzene rings is 2. The summed E-state index contributed by atoms with van der Waals surface area (Å²) in [6, 6.07) is 16.4. The molecule has 2 N–H and O–H groups in total. The summed E-state index contributed by atoms with van der Waals surface area (Å²) in [5.41, 5.74) is 5.43. The van der Waals surface area contributed by atoms with E-state index in [9.17, 15) is 14.7 Å². The van der Waals surface area contributed by atoms with Crippen molar-refractivity contribution in [1.29, 1.82) is 0 Å². The van der Waals surface area contributed by atoms with Crippen LogP contribution in [0.4, 0.5) is 4.79 Å². The largest absolute Gasteiger partial charge is 0.481 e. The minimum Gasteiger partial charge on any atom is -0.481 e. The third-order valence-corrected chi connectivity index (χ3v) is 6.15. The molecular weight excluding hydrogens is 394 g/mol. The SMILES string of the molecule is O=C(NCc1cn2c(n1)CCC(C(=O)O)C2)OCC1c2ccccc2-c2ccccc21. The molecule has 5 rings (SSSR count). The lowest BCUT2D eigenvalue weighted by Crippen LogP contribution is -2.26. The third kappa shape index (κ3) is 3.67. The number of aryl methyl sites for hydroxylation is 1. The second-order valence-electron chi connectivity index (χ2n) is 8.05. The van der Waals surface area contributed by atoms with Crippen molar-refractivity contribution in [2.45, 2.75) is 31.8 Å². The normalized spacial score (nSPS) is 16.8. The average Bonchev–Trinajstić information content (AvgIpc) is 3.34. The second kappa shape index (κ2) is 7.91. The summed E-state index contributed by atoms with van der Waals surface area (Å²) in [7, 11) is 0. The van der Waals surface area contributed by atoms with E-state index in [0.29, 0.717) is 25.1 Å². The molecule has 0 bridgehead atoms. The van der Waals surface area contributed by atoms with Gasteiger partial charge in [-0.2, -0.15) is 0 Å². The third-order valence-electron chi connectivity index (χ3n) is 6.15. The molecule has 1 unspecified atom stereocenters. The molecule has 7 heteroatoms. The van der Waals surface area contributed by atoms with Gasteiger partial charge in [-0.1, -0.05) is 48.5 Å². The molecule has 0 spiro atoms. The second-order valence-corrected chi connectivity index (χ2v) is 8.05. The number of nitrogens with zero attached hydrogens (tertiary/aromatic N) is 2. The van der Waals surface area contributed by atoms with Crippen LogP contribution in [0.5, 0.6) is 0 Å². The Bertz CT molecular complexity index is 1110. The van der Waals surface area contributed by atoms with Gasteiger partial charge in [0, 0.05) is 25.1 Å². The Hall–Kier alpha value is -3.61. The van der Waals surface area contributed by atoms with Gasteiger partial charge in [-0.25, -0.2) is 9.78 Å². The molecule has 1 atom stereocenters. The van der Waals surface area contributed by atoms with E-state index in [0.717, 1.165) is 5.82 Å². The van der Waals surface area contributed by atoms with Gasteiger partial charge in [0.25, 0.3) is 0 Å². The zero-order chi connectivity index (χ0) is 21.4. The van der Waals surface area contributed by atoms with Crippen LogP contribution in [0.25, 0.3) is 11.1 Å². The zero-order valence-electron chi connectivity index (χ0n) is 17.0. The molecule has 3 aromatic rings. The van der Waals surface area contributed by atoms with Crippen molar-refractivity contribution >= 4 is 12.1 Å². The van der Waals surface area contributed by atoms with Crippen molar-refractivity contribution in [3.63, 3.8) is 0 Å². The summed E-state index contributed by atoms with van der Waals surface area (Å²) in [6.07, 6.45) is 2.54. The van der Waals surface area contributed by atoms with E-state index in [4.69, 9.17) is 4.74 Å². The van der Waals surface area contributed by atoms with E-state index < -0.39 is 12.1 Å². The number of nitrogens with one attached hydrogen (secondary N) is 1. The molecular formula is C24H23N3O4. The van der Waals surface area contributed by atoms with Gasteiger partial charge in [0.2, 0.25) is 0 Å². The standard InChI is InChI=1S/C24H23N3O4/c28-23(29)15-9-10-22-26-16(13-27(22)12-15)11-25-24(30)31-14-21-19-7-3-1-5-17(19)18-6-2-4-8-20(18)21/h1-8,13,15,21H,9-12,14H2,(H,25,30)(H,28,29). The van der Waals surface area contributed by atoms with Crippen molar-refractivity contribution in [3.05, 3.63) is 77.4 Å². The summed E-state index contributed by atoms with van der Waals surface area (Å²) >= 11 is 0. The molecule has 0 radical (unpaired) electrons. The van der Waals surface area contributed by atoms with Crippen molar-refractivity contribution in [2.24, 2.45) is 5.92 Å².